The zero-order valence-corrected chi connectivity index (χ0v) is 11.9. The van der Waals surface area contributed by atoms with Crippen molar-refractivity contribution in [1.82, 2.24) is 5.16 Å². The molecule has 21 heavy (non-hydrogen) atoms. The fraction of sp³-hybridized carbons (Fsp3) is 0.286. The molecule has 2 rings (SSSR count). The second-order valence-electron chi connectivity index (χ2n) is 3.99. The van der Waals surface area contributed by atoms with Crippen LogP contribution in [0.4, 0.5) is 0 Å². The van der Waals surface area contributed by atoms with Gasteiger partial charge in [-0.2, -0.15) is 0 Å². The lowest BCUT2D eigenvalue weighted by Gasteiger charge is -2.15. The first-order valence-electron chi connectivity index (χ1n) is 6.20. The third-order valence-corrected chi connectivity index (χ3v) is 2.79. The summed E-state index contributed by atoms with van der Waals surface area (Å²) in [5.74, 6) is -0.0950. The number of carboxylic acids is 1. The summed E-state index contributed by atoms with van der Waals surface area (Å²) in [6, 6.07) is 4.72. The van der Waals surface area contributed by atoms with Crippen molar-refractivity contribution in [3.8, 4) is 28.5 Å². The number of benzene rings is 1. The summed E-state index contributed by atoms with van der Waals surface area (Å²) in [6.45, 7) is 2.23. The fourth-order valence-electron chi connectivity index (χ4n) is 1.89. The summed E-state index contributed by atoms with van der Waals surface area (Å²) in [5, 5.41) is 12.6. The fourth-order valence-corrected chi connectivity index (χ4v) is 1.89. The van der Waals surface area contributed by atoms with Crippen molar-refractivity contribution >= 4 is 5.97 Å². The molecule has 0 aliphatic carbocycles. The van der Waals surface area contributed by atoms with Crippen LogP contribution in [-0.2, 0) is 0 Å². The predicted molar refractivity (Wildman–Crippen MR) is 73.2 cm³/mol. The van der Waals surface area contributed by atoms with Gasteiger partial charge in [-0.3, -0.25) is 0 Å². The van der Waals surface area contributed by atoms with Crippen molar-refractivity contribution in [2.24, 2.45) is 0 Å². The van der Waals surface area contributed by atoms with E-state index in [4.69, 9.17) is 23.8 Å². The quantitative estimate of drug-likeness (QED) is 0.874. The van der Waals surface area contributed by atoms with Crippen LogP contribution in [0.15, 0.2) is 22.7 Å². The zero-order chi connectivity index (χ0) is 15.4. The van der Waals surface area contributed by atoms with Crippen LogP contribution >= 0.6 is 0 Å². The van der Waals surface area contributed by atoms with Crippen molar-refractivity contribution in [3.63, 3.8) is 0 Å². The van der Waals surface area contributed by atoms with Gasteiger partial charge in [-0.25, -0.2) is 4.79 Å². The molecule has 0 spiro atoms. The van der Waals surface area contributed by atoms with E-state index in [1.165, 1.54) is 20.3 Å². The second-order valence-corrected chi connectivity index (χ2v) is 3.99. The number of ether oxygens (including phenoxy) is 3. The first kappa shape index (κ1) is 14.7. The molecule has 0 unspecified atom stereocenters. The van der Waals surface area contributed by atoms with Gasteiger partial charge in [0.05, 0.1) is 20.8 Å². The van der Waals surface area contributed by atoms with Crippen molar-refractivity contribution in [2.45, 2.75) is 6.92 Å². The van der Waals surface area contributed by atoms with Crippen LogP contribution in [0.2, 0.25) is 0 Å². The molecular weight excluding hydrogens is 278 g/mol. The summed E-state index contributed by atoms with van der Waals surface area (Å²) in [5.41, 5.74) is 0.905. The van der Waals surface area contributed by atoms with Crippen LogP contribution < -0.4 is 14.2 Å². The molecule has 0 bridgehead atoms. The van der Waals surface area contributed by atoms with Gasteiger partial charge in [-0.05, 0) is 19.1 Å². The van der Waals surface area contributed by atoms with Crippen molar-refractivity contribution in [1.29, 1.82) is 0 Å². The van der Waals surface area contributed by atoms with E-state index in [2.05, 4.69) is 5.16 Å². The molecule has 112 valence electrons. The Morgan fingerprint density at radius 2 is 2.05 bits per heavy atom. The van der Waals surface area contributed by atoms with E-state index in [-0.39, 0.29) is 5.76 Å². The minimum absolute atomic E-state index is 0.248. The van der Waals surface area contributed by atoms with E-state index in [0.717, 1.165) is 0 Å². The first-order chi connectivity index (χ1) is 10.1. The molecule has 1 aromatic heterocycles. The number of hydrogen-bond donors (Lipinski definition) is 1. The molecule has 1 heterocycles. The van der Waals surface area contributed by atoms with Gasteiger partial charge in [-0.1, -0.05) is 5.16 Å². The van der Waals surface area contributed by atoms with Gasteiger partial charge in [0.2, 0.25) is 11.5 Å². The maximum Gasteiger partial charge on any atom is 0.374 e. The molecule has 0 saturated heterocycles. The maximum atomic E-state index is 10.9. The molecule has 0 aliphatic rings. The number of rotatable bonds is 6. The first-order valence-corrected chi connectivity index (χ1v) is 6.20. The number of carboxylic acid groups (broad SMARTS) is 1. The zero-order valence-electron chi connectivity index (χ0n) is 11.9. The van der Waals surface area contributed by atoms with Crippen LogP contribution in [0.1, 0.15) is 17.5 Å². The van der Waals surface area contributed by atoms with E-state index in [1.807, 2.05) is 6.92 Å². The number of carbonyl (C=O) groups is 1. The summed E-state index contributed by atoms with van der Waals surface area (Å²) in [4.78, 5) is 10.9. The third kappa shape index (κ3) is 2.76. The average Bonchev–Trinajstić information content (AvgIpc) is 2.96. The van der Waals surface area contributed by atoms with Crippen molar-refractivity contribution in [3.05, 3.63) is 24.0 Å². The number of aromatic carboxylic acids is 1. The third-order valence-electron chi connectivity index (χ3n) is 2.79. The Bertz CT molecular complexity index is 649. The smallest absolute Gasteiger partial charge is 0.374 e. The lowest BCUT2D eigenvalue weighted by atomic mass is 10.1. The Morgan fingerprint density at radius 3 is 2.57 bits per heavy atom. The van der Waals surface area contributed by atoms with E-state index >= 15 is 0 Å². The Hall–Kier alpha value is -2.70. The van der Waals surface area contributed by atoms with Crippen molar-refractivity contribution in [2.75, 3.05) is 20.8 Å². The molecule has 1 aromatic carbocycles. The molecule has 0 radical (unpaired) electrons. The minimum atomic E-state index is -1.19. The predicted octanol–water partition coefficient (Wildman–Crippen LogP) is 2.46. The molecule has 0 aliphatic heterocycles. The largest absolute Gasteiger partial charge is 0.493 e. The van der Waals surface area contributed by atoms with Gasteiger partial charge in [0.1, 0.15) is 5.69 Å². The molecule has 1 N–H and O–H groups in total. The SMILES string of the molecule is CCOc1c(-c2cc(C(=O)O)on2)ccc(OC)c1OC. The van der Waals surface area contributed by atoms with Crippen molar-refractivity contribution < 1.29 is 28.6 Å². The van der Waals surface area contributed by atoms with Crippen LogP contribution in [0.25, 0.3) is 11.3 Å². The maximum absolute atomic E-state index is 10.9. The molecule has 7 nitrogen and oxygen atoms in total. The Balaban J connectivity index is 2.58. The van der Waals surface area contributed by atoms with E-state index < -0.39 is 5.97 Å². The van der Waals surface area contributed by atoms with Crippen LogP contribution in [0.5, 0.6) is 17.2 Å². The highest BCUT2D eigenvalue weighted by Gasteiger charge is 2.21. The van der Waals surface area contributed by atoms with E-state index in [9.17, 15) is 4.79 Å². The van der Waals surface area contributed by atoms with Gasteiger partial charge < -0.3 is 23.8 Å². The normalized spacial score (nSPS) is 10.2. The highest BCUT2D eigenvalue weighted by atomic mass is 16.5. The average molecular weight is 293 g/mol. The molecule has 0 atom stereocenters. The number of methoxy groups -OCH3 is 2. The molecule has 7 heteroatoms. The summed E-state index contributed by atoms with van der Waals surface area (Å²) in [6.07, 6.45) is 0. The monoisotopic (exact) mass is 293 g/mol. The number of nitrogens with zero attached hydrogens (tertiary/aromatic N) is 1. The Labute approximate surface area is 121 Å². The molecular formula is C14H15NO6. The van der Waals surface area contributed by atoms with Gasteiger partial charge in [-0.15, -0.1) is 0 Å². The highest BCUT2D eigenvalue weighted by Crippen LogP contribution is 2.44. The Morgan fingerprint density at radius 1 is 1.29 bits per heavy atom. The van der Waals surface area contributed by atoms with Crippen LogP contribution in [-0.4, -0.2) is 37.1 Å². The van der Waals surface area contributed by atoms with Gasteiger partial charge in [0.15, 0.2) is 11.5 Å². The van der Waals surface area contributed by atoms with E-state index in [0.29, 0.717) is 35.1 Å². The lowest BCUT2D eigenvalue weighted by molar-refractivity contribution is 0.0652. The van der Waals surface area contributed by atoms with E-state index in [1.54, 1.807) is 12.1 Å². The molecule has 2 aromatic rings. The lowest BCUT2D eigenvalue weighted by Crippen LogP contribution is -2.00. The molecule has 0 fully saturated rings. The summed E-state index contributed by atoms with van der Waals surface area (Å²) in [7, 11) is 3.02. The summed E-state index contributed by atoms with van der Waals surface area (Å²) >= 11 is 0. The highest BCUT2D eigenvalue weighted by molar-refractivity contribution is 5.86. The van der Waals surface area contributed by atoms with Crippen LogP contribution in [0.3, 0.4) is 0 Å². The molecule has 0 saturated carbocycles. The van der Waals surface area contributed by atoms with Gasteiger partial charge in [0, 0.05) is 11.6 Å². The topological polar surface area (TPSA) is 91.0 Å². The standard InChI is InChI=1S/C14H15NO6/c1-4-20-12-8(5-6-10(18-2)13(12)19-3)9-7-11(14(16)17)21-15-9/h5-7H,4H2,1-3H3,(H,16,17). The summed E-state index contributed by atoms with van der Waals surface area (Å²) < 4.78 is 20.9. The second kappa shape index (κ2) is 6.17. The number of aromatic nitrogens is 1. The minimum Gasteiger partial charge on any atom is -0.493 e. The van der Waals surface area contributed by atoms with Gasteiger partial charge in [0.25, 0.3) is 0 Å². The molecule has 0 amide bonds. The van der Waals surface area contributed by atoms with Gasteiger partial charge >= 0.3 is 5.97 Å². The Kier molecular flexibility index (Phi) is 4.32. The van der Waals surface area contributed by atoms with Crippen LogP contribution in [0, 0.1) is 0 Å². The number of hydrogen-bond acceptors (Lipinski definition) is 6.